The summed E-state index contributed by atoms with van der Waals surface area (Å²) in [7, 11) is 0. The van der Waals surface area contributed by atoms with E-state index in [1.54, 1.807) is 28.9 Å². The van der Waals surface area contributed by atoms with E-state index in [1.807, 2.05) is 23.0 Å². The molecule has 3 aromatic rings. The van der Waals surface area contributed by atoms with Crippen molar-refractivity contribution in [2.24, 2.45) is 0 Å². The molecular formula is C14H15N5O2. The molecule has 0 aliphatic carbocycles. The van der Waals surface area contributed by atoms with Gasteiger partial charge in [-0.15, -0.1) is 0 Å². The largest absolute Gasteiger partial charge is 0.476 e. The van der Waals surface area contributed by atoms with Crippen molar-refractivity contribution in [2.75, 3.05) is 11.9 Å². The molecule has 0 aromatic carbocycles. The van der Waals surface area contributed by atoms with E-state index >= 15 is 0 Å². The van der Waals surface area contributed by atoms with Crippen LogP contribution in [0.4, 0.5) is 5.82 Å². The highest BCUT2D eigenvalue weighted by Gasteiger charge is 2.17. The summed E-state index contributed by atoms with van der Waals surface area (Å²) in [5.74, 6) is -0.600. The molecule has 0 bridgehead atoms. The number of carboxylic acids is 1. The van der Waals surface area contributed by atoms with E-state index in [1.165, 1.54) is 0 Å². The molecule has 3 aromatic heterocycles. The first-order valence-electron chi connectivity index (χ1n) is 6.67. The van der Waals surface area contributed by atoms with Gasteiger partial charge >= 0.3 is 5.97 Å². The molecule has 3 rings (SSSR count). The first-order chi connectivity index (χ1) is 10.3. The van der Waals surface area contributed by atoms with Gasteiger partial charge in [0.2, 0.25) is 0 Å². The lowest BCUT2D eigenvalue weighted by atomic mass is 10.4. The van der Waals surface area contributed by atoms with Crippen LogP contribution in [-0.4, -0.2) is 36.8 Å². The second-order valence-corrected chi connectivity index (χ2v) is 4.59. The van der Waals surface area contributed by atoms with Crippen LogP contribution in [0.25, 0.3) is 5.65 Å². The van der Waals surface area contributed by atoms with Crippen molar-refractivity contribution in [3.8, 4) is 0 Å². The van der Waals surface area contributed by atoms with Crippen LogP contribution in [0.5, 0.6) is 0 Å². The molecule has 0 aliphatic heterocycles. The Morgan fingerprint density at radius 1 is 1.29 bits per heavy atom. The predicted octanol–water partition coefficient (Wildman–Crippen LogP) is 1.73. The fraction of sp³-hybridized carbons (Fsp3) is 0.214. The van der Waals surface area contributed by atoms with E-state index in [0.717, 1.165) is 13.0 Å². The second-order valence-electron chi connectivity index (χ2n) is 4.59. The minimum absolute atomic E-state index is 0.157. The highest BCUT2D eigenvalue weighted by Crippen LogP contribution is 2.17. The molecule has 21 heavy (non-hydrogen) atoms. The minimum Gasteiger partial charge on any atom is -0.476 e. The summed E-state index contributed by atoms with van der Waals surface area (Å²) in [4.78, 5) is 15.7. The Morgan fingerprint density at radius 3 is 2.95 bits per heavy atom. The molecule has 108 valence electrons. The van der Waals surface area contributed by atoms with E-state index in [-0.39, 0.29) is 5.69 Å². The zero-order valence-electron chi connectivity index (χ0n) is 11.3. The molecule has 0 unspecified atom stereocenters. The normalized spacial score (nSPS) is 10.9. The van der Waals surface area contributed by atoms with Crippen LogP contribution in [-0.2, 0) is 6.54 Å². The highest BCUT2D eigenvalue weighted by atomic mass is 16.4. The average Bonchev–Trinajstić information content (AvgIpc) is 3.10. The van der Waals surface area contributed by atoms with Crippen LogP contribution >= 0.6 is 0 Å². The molecule has 0 fully saturated rings. The van der Waals surface area contributed by atoms with Crippen LogP contribution in [0.1, 0.15) is 16.9 Å². The molecule has 0 saturated heterocycles. The quantitative estimate of drug-likeness (QED) is 0.674. The van der Waals surface area contributed by atoms with E-state index in [9.17, 15) is 9.90 Å². The number of rotatable bonds is 6. The number of aromatic carboxylic acids is 1. The Kier molecular flexibility index (Phi) is 3.55. The Bertz CT molecular complexity index is 748. The van der Waals surface area contributed by atoms with Crippen molar-refractivity contribution in [3.63, 3.8) is 0 Å². The molecular weight excluding hydrogens is 270 g/mol. The summed E-state index contributed by atoms with van der Waals surface area (Å²) >= 11 is 0. The Morgan fingerprint density at radius 2 is 2.19 bits per heavy atom. The summed E-state index contributed by atoms with van der Waals surface area (Å²) in [5, 5.41) is 16.6. The van der Waals surface area contributed by atoms with Crippen LogP contribution in [0.3, 0.4) is 0 Å². The maximum absolute atomic E-state index is 11.4. The number of hydrogen-bond acceptors (Lipinski definition) is 4. The molecule has 3 heterocycles. The lowest BCUT2D eigenvalue weighted by molar-refractivity contribution is 0.0690. The van der Waals surface area contributed by atoms with E-state index in [0.29, 0.717) is 18.0 Å². The molecule has 7 heteroatoms. The maximum atomic E-state index is 11.4. The Labute approximate surface area is 120 Å². The van der Waals surface area contributed by atoms with Crippen molar-refractivity contribution in [1.29, 1.82) is 0 Å². The number of nitrogens with one attached hydrogen (secondary N) is 1. The zero-order chi connectivity index (χ0) is 14.7. The van der Waals surface area contributed by atoms with Crippen molar-refractivity contribution in [1.82, 2.24) is 19.2 Å². The van der Waals surface area contributed by atoms with E-state index < -0.39 is 5.97 Å². The van der Waals surface area contributed by atoms with Gasteiger partial charge in [-0.25, -0.2) is 9.78 Å². The fourth-order valence-corrected chi connectivity index (χ4v) is 2.20. The van der Waals surface area contributed by atoms with E-state index in [4.69, 9.17) is 0 Å². The second kappa shape index (κ2) is 5.66. The SMILES string of the molecule is O=C(O)c1c(NCCCn2cccn2)nc2ccccn12. The molecule has 0 spiro atoms. The molecule has 0 saturated carbocycles. The molecule has 2 N–H and O–H groups in total. The molecule has 0 atom stereocenters. The zero-order valence-corrected chi connectivity index (χ0v) is 11.3. The monoisotopic (exact) mass is 285 g/mol. The summed E-state index contributed by atoms with van der Waals surface area (Å²) < 4.78 is 3.40. The van der Waals surface area contributed by atoms with Gasteiger partial charge in [0.25, 0.3) is 0 Å². The average molecular weight is 285 g/mol. The number of nitrogens with zero attached hydrogens (tertiary/aromatic N) is 4. The number of hydrogen-bond donors (Lipinski definition) is 2. The number of aryl methyl sites for hydroxylation is 1. The fourth-order valence-electron chi connectivity index (χ4n) is 2.20. The Balaban J connectivity index is 1.71. The van der Waals surface area contributed by atoms with Gasteiger partial charge in [0.05, 0.1) is 0 Å². The molecule has 0 aliphatic rings. The maximum Gasteiger partial charge on any atom is 0.356 e. The lowest BCUT2D eigenvalue weighted by Crippen LogP contribution is -2.11. The van der Waals surface area contributed by atoms with Gasteiger partial charge in [0.1, 0.15) is 5.65 Å². The third-order valence-electron chi connectivity index (χ3n) is 3.15. The number of imidazole rings is 1. The third-order valence-corrected chi connectivity index (χ3v) is 3.15. The topological polar surface area (TPSA) is 84.5 Å². The van der Waals surface area contributed by atoms with Crippen LogP contribution < -0.4 is 5.32 Å². The summed E-state index contributed by atoms with van der Waals surface area (Å²) in [6.45, 7) is 1.40. The lowest BCUT2D eigenvalue weighted by Gasteiger charge is -2.05. The highest BCUT2D eigenvalue weighted by molar-refractivity contribution is 5.92. The van der Waals surface area contributed by atoms with Gasteiger partial charge in [0.15, 0.2) is 11.5 Å². The summed E-state index contributed by atoms with van der Waals surface area (Å²) in [6.07, 6.45) is 6.15. The van der Waals surface area contributed by atoms with Gasteiger partial charge in [-0.3, -0.25) is 9.08 Å². The summed E-state index contributed by atoms with van der Waals surface area (Å²) in [6, 6.07) is 7.26. The van der Waals surface area contributed by atoms with Crippen molar-refractivity contribution in [2.45, 2.75) is 13.0 Å². The van der Waals surface area contributed by atoms with Gasteiger partial charge in [-0.05, 0) is 24.6 Å². The van der Waals surface area contributed by atoms with Gasteiger partial charge < -0.3 is 10.4 Å². The van der Waals surface area contributed by atoms with E-state index in [2.05, 4.69) is 15.4 Å². The van der Waals surface area contributed by atoms with Gasteiger partial charge in [-0.1, -0.05) is 6.07 Å². The first kappa shape index (κ1) is 13.2. The van der Waals surface area contributed by atoms with Crippen molar-refractivity contribution < 1.29 is 9.90 Å². The third kappa shape index (κ3) is 2.71. The smallest absolute Gasteiger partial charge is 0.356 e. The molecule has 0 amide bonds. The minimum atomic E-state index is -0.997. The van der Waals surface area contributed by atoms with Crippen molar-refractivity contribution in [3.05, 3.63) is 48.5 Å². The number of carboxylic acid groups (broad SMARTS) is 1. The number of pyridine rings is 1. The van der Waals surface area contributed by atoms with Crippen LogP contribution in [0.15, 0.2) is 42.9 Å². The Hall–Kier alpha value is -2.83. The number of fused-ring (bicyclic) bond motifs is 1. The number of carbonyl (C=O) groups is 1. The first-order valence-corrected chi connectivity index (χ1v) is 6.67. The molecule has 0 radical (unpaired) electrons. The van der Waals surface area contributed by atoms with Crippen LogP contribution in [0, 0.1) is 0 Å². The predicted molar refractivity (Wildman–Crippen MR) is 77.5 cm³/mol. The van der Waals surface area contributed by atoms with Gasteiger partial charge in [-0.2, -0.15) is 5.10 Å². The summed E-state index contributed by atoms with van der Waals surface area (Å²) in [5.41, 5.74) is 0.772. The standard InChI is InChI=1S/C14H15N5O2/c20-14(21)12-13(17-11-5-1-2-10-19(11)12)15-6-3-8-18-9-4-7-16-18/h1-2,4-5,7,9-10,15H,3,6,8H2,(H,20,21). The number of anilines is 1. The van der Waals surface area contributed by atoms with Crippen molar-refractivity contribution >= 4 is 17.4 Å². The van der Waals surface area contributed by atoms with Gasteiger partial charge in [0, 0.05) is 31.7 Å². The van der Waals surface area contributed by atoms with Crippen LogP contribution in [0.2, 0.25) is 0 Å². The number of aromatic nitrogens is 4. The molecule has 7 nitrogen and oxygen atoms in total.